The summed E-state index contributed by atoms with van der Waals surface area (Å²) in [4.78, 5) is 0.447. The molecule has 3 rings (SSSR count). The second kappa shape index (κ2) is 5.81. The van der Waals surface area contributed by atoms with Crippen LogP contribution in [0.2, 0.25) is 0 Å². The van der Waals surface area contributed by atoms with Crippen molar-refractivity contribution in [1.29, 1.82) is 0 Å². The zero-order valence-electron chi connectivity index (χ0n) is 11.4. The Kier molecular flexibility index (Phi) is 4.07. The molecule has 0 radical (unpaired) electrons. The van der Waals surface area contributed by atoms with E-state index in [1.807, 2.05) is 12.1 Å². The van der Waals surface area contributed by atoms with E-state index in [4.69, 9.17) is 4.74 Å². The van der Waals surface area contributed by atoms with Crippen LogP contribution in [0.1, 0.15) is 24.0 Å². The van der Waals surface area contributed by atoms with E-state index < -0.39 is 10.0 Å². The van der Waals surface area contributed by atoms with E-state index in [1.54, 1.807) is 6.07 Å². The number of ether oxygens (including phenoxy) is 1. The van der Waals surface area contributed by atoms with Crippen LogP contribution in [0.15, 0.2) is 23.1 Å². The summed E-state index contributed by atoms with van der Waals surface area (Å²) < 4.78 is 33.3. The Balaban J connectivity index is 1.87. The first-order valence-electron chi connectivity index (χ1n) is 7.08. The summed E-state index contributed by atoms with van der Waals surface area (Å²) in [6.45, 7) is 2.83. The molecule has 0 unspecified atom stereocenters. The summed E-state index contributed by atoms with van der Waals surface area (Å²) in [7, 11) is -3.43. The summed E-state index contributed by atoms with van der Waals surface area (Å²) >= 11 is 0. The quantitative estimate of drug-likeness (QED) is 0.865. The third kappa shape index (κ3) is 2.88. The van der Waals surface area contributed by atoms with Gasteiger partial charge in [-0.1, -0.05) is 12.1 Å². The summed E-state index contributed by atoms with van der Waals surface area (Å²) in [5.74, 6) is 0. The Hall–Kier alpha value is -0.950. The maximum atomic E-state index is 12.6. The molecule has 0 aromatic heterocycles. The van der Waals surface area contributed by atoms with Crippen LogP contribution in [-0.4, -0.2) is 34.2 Å². The predicted octanol–water partition coefficient (Wildman–Crippen LogP) is 0.790. The van der Waals surface area contributed by atoms with Crippen LogP contribution in [0.4, 0.5) is 0 Å². The monoisotopic (exact) mass is 296 g/mol. The highest BCUT2D eigenvalue weighted by molar-refractivity contribution is 7.89. The van der Waals surface area contributed by atoms with E-state index in [0.717, 1.165) is 43.5 Å². The van der Waals surface area contributed by atoms with Gasteiger partial charge in [-0.25, -0.2) is 13.1 Å². The molecule has 0 saturated carbocycles. The van der Waals surface area contributed by atoms with Crippen molar-refractivity contribution in [2.45, 2.75) is 36.7 Å². The van der Waals surface area contributed by atoms with Crippen LogP contribution in [-0.2, 0) is 27.7 Å². The maximum Gasteiger partial charge on any atom is 0.241 e. The molecule has 2 aliphatic heterocycles. The van der Waals surface area contributed by atoms with Crippen molar-refractivity contribution in [2.75, 3.05) is 19.8 Å². The first kappa shape index (κ1) is 14.0. The van der Waals surface area contributed by atoms with E-state index in [2.05, 4.69) is 10.0 Å². The van der Waals surface area contributed by atoms with E-state index in [0.29, 0.717) is 18.1 Å². The number of rotatable bonds is 3. The first-order valence-corrected chi connectivity index (χ1v) is 8.57. The van der Waals surface area contributed by atoms with Crippen molar-refractivity contribution in [3.8, 4) is 0 Å². The lowest BCUT2D eigenvalue weighted by Crippen LogP contribution is -2.39. The predicted molar refractivity (Wildman–Crippen MR) is 76.0 cm³/mol. The number of hydrogen-bond donors (Lipinski definition) is 2. The summed E-state index contributed by atoms with van der Waals surface area (Å²) in [5, 5.41) is 3.27. The van der Waals surface area contributed by atoms with Gasteiger partial charge in [0.15, 0.2) is 0 Å². The Morgan fingerprint density at radius 2 is 2.05 bits per heavy atom. The average molecular weight is 296 g/mol. The van der Waals surface area contributed by atoms with Gasteiger partial charge in [0.2, 0.25) is 10.0 Å². The van der Waals surface area contributed by atoms with Crippen molar-refractivity contribution in [1.82, 2.24) is 10.0 Å². The van der Waals surface area contributed by atoms with Crippen LogP contribution in [0.5, 0.6) is 0 Å². The fraction of sp³-hybridized carbons (Fsp3) is 0.571. The van der Waals surface area contributed by atoms with Crippen molar-refractivity contribution in [2.24, 2.45) is 0 Å². The van der Waals surface area contributed by atoms with Crippen LogP contribution < -0.4 is 10.0 Å². The Labute approximate surface area is 119 Å². The highest BCUT2D eigenvalue weighted by Crippen LogP contribution is 2.23. The van der Waals surface area contributed by atoms with Crippen LogP contribution in [0, 0.1) is 0 Å². The molecule has 0 spiro atoms. The van der Waals surface area contributed by atoms with E-state index in [-0.39, 0.29) is 6.04 Å². The highest BCUT2D eigenvalue weighted by atomic mass is 32.2. The summed E-state index contributed by atoms with van der Waals surface area (Å²) in [6.07, 6.45) is 2.26. The van der Waals surface area contributed by atoms with Crippen LogP contribution in [0.25, 0.3) is 0 Å². The SMILES string of the molecule is O=S(=O)(NC1CCOCC1)c1cccc2c1CCNC2. The molecule has 110 valence electrons. The molecule has 20 heavy (non-hydrogen) atoms. The molecule has 2 aliphatic rings. The molecule has 2 heterocycles. The van der Waals surface area contributed by atoms with Gasteiger partial charge in [0.25, 0.3) is 0 Å². The van der Waals surface area contributed by atoms with Crippen LogP contribution in [0.3, 0.4) is 0 Å². The van der Waals surface area contributed by atoms with Gasteiger partial charge in [0.05, 0.1) is 4.90 Å². The van der Waals surface area contributed by atoms with Gasteiger partial charge in [-0.15, -0.1) is 0 Å². The van der Waals surface area contributed by atoms with Gasteiger partial charge in [-0.05, 0) is 43.0 Å². The van der Waals surface area contributed by atoms with Crippen LogP contribution >= 0.6 is 0 Å². The number of fused-ring (bicyclic) bond motifs is 1. The fourth-order valence-corrected chi connectivity index (χ4v) is 4.46. The molecule has 2 N–H and O–H groups in total. The lowest BCUT2D eigenvalue weighted by molar-refractivity contribution is 0.0832. The standard InChI is InChI=1S/C14H20N2O3S/c17-20(18,16-12-5-8-19-9-6-12)14-3-1-2-11-10-15-7-4-13(11)14/h1-3,12,15-16H,4-10H2. The molecular formula is C14H20N2O3S. The molecule has 0 bridgehead atoms. The largest absolute Gasteiger partial charge is 0.381 e. The van der Waals surface area contributed by atoms with E-state index in [1.165, 1.54) is 0 Å². The Morgan fingerprint density at radius 3 is 2.85 bits per heavy atom. The van der Waals surface area contributed by atoms with Gasteiger partial charge < -0.3 is 10.1 Å². The molecule has 0 amide bonds. The molecular weight excluding hydrogens is 276 g/mol. The van der Waals surface area contributed by atoms with Crippen molar-refractivity contribution < 1.29 is 13.2 Å². The normalized spacial score (nSPS) is 20.6. The number of nitrogens with one attached hydrogen (secondary N) is 2. The van der Waals surface area contributed by atoms with Crippen molar-refractivity contribution >= 4 is 10.0 Å². The Morgan fingerprint density at radius 1 is 1.25 bits per heavy atom. The summed E-state index contributed by atoms with van der Waals surface area (Å²) in [6, 6.07) is 5.52. The average Bonchev–Trinajstić information content (AvgIpc) is 2.47. The minimum atomic E-state index is -3.43. The van der Waals surface area contributed by atoms with Crippen molar-refractivity contribution in [3.05, 3.63) is 29.3 Å². The maximum absolute atomic E-state index is 12.6. The zero-order chi connectivity index (χ0) is 14.0. The van der Waals surface area contributed by atoms with E-state index in [9.17, 15) is 8.42 Å². The van der Waals surface area contributed by atoms with Crippen molar-refractivity contribution in [3.63, 3.8) is 0 Å². The topological polar surface area (TPSA) is 67.4 Å². The van der Waals surface area contributed by atoms with E-state index >= 15 is 0 Å². The smallest absolute Gasteiger partial charge is 0.241 e. The Bertz CT molecular complexity index is 580. The number of sulfonamides is 1. The highest BCUT2D eigenvalue weighted by Gasteiger charge is 2.26. The lowest BCUT2D eigenvalue weighted by Gasteiger charge is -2.25. The third-order valence-corrected chi connectivity index (χ3v) is 5.54. The minimum Gasteiger partial charge on any atom is -0.381 e. The van der Waals surface area contributed by atoms with Gasteiger partial charge in [-0.2, -0.15) is 0 Å². The lowest BCUT2D eigenvalue weighted by atomic mass is 10.0. The number of hydrogen-bond acceptors (Lipinski definition) is 4. The third-order valence-electron chi connectivity index (χ3n) is 3.93. The molecule has 0 aliphatic carbocycles. The van der Waals surface area contributed by atoms with Gasteiger partial charge >= 0.3 is 0 Å². The molecule has 0 atom stereocenters. The van der Waals surface area contributed by atoms with Gasteiger partial charge in [0.1, 0.15) is 0 Å². The fourth-order valence-electron chi connectivity index (χ4n) is 2.85. The minimum absolute atomic E-state index is 0.00804. The van der Waals surface area contributed by atoms with Gasteiger partial charge in [0, 0.05) is 25.8 Å². The molecule has 1 aromatic rings. The second-order valence-electron chi connectivity index (χ2n) is 5.33. The molecule has 1 fully saturated rings. The molecule has 1 saturated heterocycles. The molecule has 6 heteroatoms. The first-order chi connectivity index (χ1) is 9.67. The zero-order valence-corrected chi connectivity index (χ0v) is 12.2. The number of benzene rings is 1. The van der Waals surface area contributed by atoms with Gasteiger partial charge in [-0.3, -0.25) is 0 Å². The second-order valence-corrected chi connectivity index (χ2v) is 7.01. The molecule has 1 aromatic carbocycles. The molecule has 5 nitrogen and oxygen atoms in total. The summed E-state index contributed by atoms with van der Waals surface area (Å²) in [5.41, 5.74) is 2.05.